The fourth-order valence-corrected chi connectivity index (χ4v) is 3.74. The van der Waals surface area contributed by atoms with E-state index < -0.39 is 10.0 Å². The molecular weight excluding hydrogens is 328 g/mol. The SMILES string of the molecule is CCCS(=O)(=O)NCCn1nc(-c2ccccc2)n(C2CC2)c1=O. The number of rotatable bonds is 8. The molecule has 1 aromatic heterocycles. The quantitative estimate of drug-likeness (QED) is 0.779. The molecule has 0 spiro atoms. The maximum Gasteiger partial charge on any atom is 0.346 e. The first-order chi connectivity index (χ1) is 11.5. The molecule has 1 fully saturated rings. The Kier molecular flexibility index (Phi) is 4.86. The molecule has 0 aliphatic heterocycles. The van der Waals surface area contributed by atoms with Crippen molar-refractivity contribution in [1.82, 2.24) is 19.1 Å². The Hall–Kier alpha value is -1.93. The van der Waals surface area contributed by atoms with Crippen LogP contribution in [0.5, 0.6) is 0 Å². The van der Waals surface area contributed by atoms with E-state index in [0.29, 0.717) is 12.2 Å². The monoisotopic (exact) mass is 350 g/mol. The number of benzene rings is 1. The topological polar surface area (TPSA) is 86.0 Å². The minimum atomic E-state index is -3.27. The number of nitrogens with one attached hydrogen (secondary N) is 1. The summed E-state index contributed by atoms with van der Waals surface area (Å²) in [6, 6.07) is 9.80. The van der Waals surface area contributed by atoms with Crippen LogP contribution in [0.25, 0.3) is 11.4 Å². The van der Waals surface area contributed by atoms with Crippen molar-refractivity contribution >= 4 is 10.0 Å². The summed E-state index contributed by atoms with van der Waals surface area (Å²) in [5.41, 5.74) is 0.720. The minimum Gasteiger partial charge on any atom is -0.272 e. The lowest BCUT2D eigenvalue weighted by molar-refractivity contribution is 0.546. The lowest BCUT2D eigenvalue weighted by atomic mass is 10.2. The molecular formula is C16H22N4O3S. The van der Waals surface area contributed by atoms with Crippen molar-refractivity contribution in [2.75, 3.05) is 12.3 Å². The smallest absolute Gasteiger partial charge is 0.272 e. The Bertz CT molecular complexity index is 851. The maximum absolute atomic E-state index is 12.6. The molecule has 24 heavy (non-hydrogen) atoms. The molecule has 7 nitrogen and oxygen atoms in total. The van der Waals surface area contributed by atoms with Crippen LogP contribution in [-0.4, -0.2) is 35.1 Å². The van der Waals surface area contributed by atoms with Crippen LogP contribution in [0.2, 0.25) is 0 Å². The van der Waals surface area contributed by atoms with Gasteiger partial charge >= 0.3 is 5.69 Å². The maximum atomic E-state index is 12.6. The second-order valence-corrected chi connectivity index (χ2v) is 7.94. The van der Waals surface area contributed by atoms with Crippen molar-refractivity contribution in [3.63, 3.8) is 0 Å². The van der Waals surface area contributed by atoms with Crippen LogP contribution in [0.1, 0.15) is 32.2 Å². The molecule has 8 heteroatoms. The van der Waals surface area contributed by atoms with Gasteiger partial charge in [-0.15, -0.1) is 5.10 Å². The van der Waals surface area contributed by atoms with E-state index in [9.17, 15) is 13.2 Å². The van der Waals surface area contributed by atoms with Gasteiger partial charge in [-0.1, -0.05) is 37.3 Å². The van der Waals surface area contributed by atoms with Crippen LogP contribution >= 0.6 is 0 Å². The summed E-state index contributed by atoms with van der Waals surface area (Å²) in [7, 11) is -3.27. The van der Waals surface area contributed by atoms with Crippen LogP contribution < -0.4 is 10.4 Å². The summed E-state index contributed by atoms with van der Waals surface area (Å²) in [5, 5.41) is 4.44. The van der Waals surface area contributed by atoms with Crippen molar-refractivity contribution in [3.05, 3.63) is 40.8 Å². The summed E-state index contributed by atoms with van der Waals surface area (Å²) >= 11 is 0. The van der Waals surface area contributed by atoms with Gasteiger partial charge in [-0.25, -0.2) is 22.6 Å². The zero-order valence-electron chi connectivity index (χ0n) is 13.7. The first-order valence-corrected chi connectivity index (χ1v) is 9.89. The van der Waals surface area contributed by atoms with E-state index in [0.717, 1.165) is 18.4 Å². The minimum absolute atomic E-state index is 0.0910. The first kappa shape index (κ1) is 16.9. The molecule has 1 saturated carbocycles. The summed E-state index contributed by atoms with van der Waals surface area (Å²) in [6.45, 7) is 2.20. The molecule has 0 radical (unpaired) electrons. The number of nitrogens with zero attached hydrogens (tertiary/aromatic N) is 3. The number of aromatic nitrogens is 3. The van der Waals surface area contributed by atoms with E-state index in [-0.39, 0.29) is 30.6 Å². The van der Waals surface area contributed by atoms with Gasteiger partial charge in [0.1, 0.15) is 0 Å². The van der Waals surface area contributed by atoms with Gasteiger partial charge in [0.15, 0.2) is 5.82 Å². The highest BCUT2D eigenvalue weighted by Gasteiger charge is 2.30. The van der Waals surface area contributed by atoms with E-state index >= 15 is 0 Å². The average molecular weight is 350 g/mol. The lowest BCUT2D eigenvalue weighted by Crippen LogP contribution is -2.33. The lowest BCUT2D eigenvalue weighted by Gasteiger charge is -2.04. The van der Waals surface area contributed by atoms with Crippen LogP contribution in [-0.2, 0) is 16.6 Å². The van der Waals surface area contributed by atoms with E-state index in [1.165, 1.54) is 4.68 Å². The highest BCUT2D eigenvalue weighted by molar-refractivity contribution is 7.89. The summed E-state index contributed by atoms with van der Waals surface area (Å²) < 4.78 is 29.0. The van der Waals surface area contributed by atoms with Crippen LogP contribution in [0, 0.1) is 0 Å². The van der Waals surface area contributed by atoms with E-state index in [2.05, 4.69) is 9.82 Å². The van der Waals surface area contributed by atoms with Crippen molar-refractivity contribution in [2.24, 2.45) is 0 Å². The van der Waals surface area contributed by atoms with Crippen LogP contribution in [0.15, 0.2) is 35.1 Å². The third kappa shape index (κ3) is 3.76. The predicted octanol–water partition coefficient (Wildman–Crippen LogP) is 1.38. The van der Waals surface area contributed by atoms with Crippen molar-refractivity contribution in [2.45, 2.75) is 38.8 Å². The molecule has 1 heterocycles. The normalized spacial score (nSPS) is 14.9. The number of hydrogen-bond donors (Lipinski definition) is 1. The van der Waals surface area contributed by atoms with Crippen LogP contribution in [0.4, 0.5) is 0 Å². The Labute approximate surface area is 141 Å². The van der Waals surface area contributed by atoms with Crippen molar-refractivity contribution < 1.29 is 8.42 Å². The first-order valence-electron chi connectivity index (χ1n) is 8.24. The third-order valence-electron chi connectivity index (χ3n) is 3.93. The van der Waals surface area contributed by atoms with Crippen molar-refractivity contribution in [3.8, 4) is 11.4 Å². The van der Waals surface area contributed by atoms with E-state index in [1.807, 2.05) is 37.3 Å². The van der Waals surface area contributed by atoms with Crippen molar-refractivity contribution in [1.29, 1.82) is 0 Å². The van der Waals surface area contributed by atoms with Gasteiger partial charge in [0.25, 0.3) is 0 Å². The third-order valence-corrected chi connectivity index (χ3v) is 5.52. The van der Waals surface area contributed by atoms with Gasteiger partial charge < -0.3 is 0 Å². The molecule has 0 unspecified atom stereocenters. The van der Waals surface area contributed by atoms with Gasteiger partial charge in [0.05, 0.1) is 12.3 Å². The molecule has 0 bridgehead atoms. The highest BCUT2D eigenvalue weighted by Crippen LogP contribution is 2.36. The fourth-order valence-electron chi connectivity index (χ4n) is 2.66. The van der Waals surface area contributed by atoms with Crippen LogP contribution in [0.3, 0.4) is 0 Å². The Morgan fingerprint density at radius 2 is 1.96 bits per heavy atom. The second kappa shape index (κ2) is 6.90. The molecule has 1 N–H and O–H groups in total. The molecule has 0 amide bonds. The second-order valence-electron chi connectivity index (χ2n) is 6.01. The summed E-state index contributed by atoms with van der Waals surface area (Å²) in [6.07, 6.45) is 2.52. The summed E-state index contributed by atoms with van der Waals surface area (Å²) in [5.74, 6) is 0.743. The molecule has 1 aliphatic rings. The van der Waals surface area contributed by atoms with Gasteiger partial charge in [-0.3, -0.25) is 4.57 Å². The molecule has 1 aromatic carbocycles. The number of hydrogen-bond acceptors (Lipinski definition) is 4. The predicted molar refractivity (Wildman–Crippen MR) is 92.3 cm³/mol. The Morgan fingerprint density at radius 3 is 2.58 bits per heavy atom. The summed E-state index contributed by atoms with van der Waals surface area (Å²) in [4.78, 5) is 12.6. The van der Waals surface area contributed by atoms with Gasteiger partial charge in [-0.2, -0.15) is 0 Å². The van der Waals surface area contributed by atoms with Gasteiger partial charge in [0.2, 0.25) is 10.0 Å². The molecule has 0 atom stereocenters. The molecule has 2 aromatic rings. The van der Waals surface area contributed by atoms with E-state index in [1.54, 1.807) is 4.57 Å². The molecule has 0 saturated heterocycles. The molecule has 130 valence electrons. The molecule has 1 aliphatic carbocycles. The standard InChI is InChI=1S/C16H22N4O3S/c1-2-12-24(22,23)17-10-11-19-16(21)20(14-8-9-14)15(18-19)13-6-4-3-5-7-13/h3-7,14,17H,2,8-12H2,1H3. The highest BCUT2D eigenvalue weighted by atomic mass is 32.2. The van der Waals surface area contributed by atoms with E-state index in [4.69, 9.17) is 0 Å². The van der Waals surface area contributed by atoms with Gasteiger partial charge in [0, 0.05) is 18.2 Å². The average Bonchev–Trinajstić information content (AvgIpc) is 3.33. The zero-order valence-corrected chi connectivity index (χ0v) is 14.5. The number of sulfonamides is 1. The zero-order chi connectivity index (χ0) is 17.2. The Morgan fingerprint density at radius 1 is 1.25 bits per heavy atom. The largest absolute Gasteiger partial charge is 0.346 e. The van der Waals surface area contributed by atoms with Gasteiger partial charge in [-0.05, 0) is 19.3 Å². The Balaban J connectivity index is 1.81. The molecule has 3 rings (SSSR count). The fraction of sp³-hybridized carbons (Fsp3) is 0.500.